The molecule has 1 saturated heterocycles. The lowest BCUT2D eigenvalue weighted by atomic mass is 9.88. The molecule has 28 heavy (non-hydrogen) atoms. The normalized spacial score (nSPS) is 20.0. The Labute approximate surface area is 166 Å². The van der Waals surface area contributed by atoms with Crippen molar-refractivity contribution >= 4 is 11.8 Å². The zero-order chi connectivity index (χ0) is 19.5. The van der Waals surface area contributed by atoms with E-state index in [2.05, 4.69) is 29.2 Å². The van der Waals surface area contributed by atoms with Gasteiger partial charge < -0.3 is 9.80 Å². The van der Waals surface area contributed by atoms with Gasteiger partial charge in [0.1, 0.15) is 0 Å². The van der Waals surface area contributed by atoms with E-state index in [1.807, 2.05) is 23.1 Å². The summed E-state index contributed by atoms with van der Waals surface area (Å²) in [4.78, 5) is 33.5. The van der Waals surface area contributed by atoms with Crippen LogP contribution in [0.5, 0.6) is 0 Å². The Balaban J connectivity index is 1.43. The number of fused-ring (bicyclic) bond motifs is 1. The van der Waals surface area contributed by atoms with Crippen molar-refractivity contribution in [3.63, 3.8) is 0 Å². The Hall–Kier alpha value is -2.69. The molecule has 1 unspecified atom stereocenters. The van der Waals surface area contributed by atoms with Gasteiger partial charge >= 0.3 is 0 Å². The molecule has 0 spiro atoms. The second kappa shape index (κ2) is 8.13. The van der Waals surface area contributed by atoms with Gasteiger partial charge in [0.15, 0.2) is 0 Å². The fourth-order valence-electron chi connectivity index (χ4n) is 4.44. The smallest absolute Gasteiger partial charge is 0.233 e. The number of nitrogens with zero attached hydrogens (tertiary/aromatic N) is 3. The van der Waals surface area contributed by atoms with Crippen LogP contribution in [0.4, 0.5) is 0 Å². The van der Waals surface area contributed by atoms with Crippen molar-refractivity contribution in [2.24, 2.45) is 5.92 Å². The van der Waals surface area contributed by atoms with Crippen LogP contribution in [0.2, 0.25) is 0 Å². The number of hydrogen-bond donors (Lipinski definition) is 0. The average molecular weight is 377 g/mol. The van der Waals surface area contributed by atoms with Crippen LogP contribution >= 0.6 is 0 Å². The number of rotatable bonds is 3. The Morgan fingerprint density at radius 2 is 1.79 bits per heavy atom. The standard InChI is InChI=1S/C23H27N3O2/c1-17(27)26-15-20-8-5-11-24-22(20)21(16-26)23(28)25-12-9-19(10-13-25)14-18-6-3-2-4-7-18/h2-8,11,19,21H,9-10,12-16H2,1H3. The molecule has 0 radical (unpaired) electrons. The minimum absolute atomic E-state index is 0.00822. The quantitative estimate of drug-likeness (QED) is 0.826. The first-order valence-electron chi connectivity index (χ1n) is 10.1. The number of carbonyl (C=O) groups excluding carboxylic acids is 2. The van der Waals surface area contributed by atoms with Crippen LogP contribution in [0.25, 0.3) is 0 Å². The minimum atomic E-state index is -0.348. The number of benzene rings is 1. The van der Waals surface area contributed by atoms with E-state index in [1.165, 1.54) is 5.56 Å². The summed E-state index contributed by atoms with van der Waals surface area (Å²) in [7, 11) is 0. The van der Waals surface area contributed by atoms with E-state index < -0.39 is 0 Å². The molecule has 1 aromatic heterocycles. The van der Waals surface area contributed by atoms with Gasteiger partial charge in [0.25, 0.3) is 0 Å². The van der Waals surface area contributed by atoms with E-state index in [-0.39, 0.29) is 17.7 Å². The first kappa shape index (κ1) is 18.7. The topological polar surface area (TPSA) is 53.5 Å². The maximum atomic E-state index is 13.3. The van der Waals surface area contributed by atoms with E-state index in [1.54, 1.807) is 18.0 Å². The molecule has 5 nitrogen and oxygen atoms in total. The monoisotopic (exact) mass is 377 g/mol. The molecule has 2 amide bonds. The third-order valence-corrected chi connectivity index (χ3v) is 6.06. The Bertz CT molecular complexity index is 844. The maximum absolute atomic E-state index is 13.3. The third kappa shape index (κ3) is 3.93. The highest BCUT2D eigenvalue weighted by Gasteiger charge is 2.36. The number of piperidine rings is 1. The number of likely N-dealkylation sites (tertiary alicyclic amines) is 1. The summed E-state index contributed by atoms with van der Waals surface area (Å²) < 4.78 is 0. The van der Waals surface area contributed by atoms with Crippen LogP contribution in [0.1, 0.15) is 42.5 Å². The zero-order valence-corrected chi connectivity index (χ0v) is 16.4. The lowest BCUT2D eigenvalue weighted by molar-refractivity contribution is -0.137. The number of hydrogen-bond acceptors (Lipinski definition) is 3. The molecule has 1 atom stereocenters. The fourth-order valence-corrected chi connectivity index (χ4v) is 4.44. The van der Waals surface area contributed by atoms with Gasteiger partial charge in [0.2, 0.25) is 11.8 Å². The number of carbonyl (C=O) groups is 2. The van der Waals surface area contributed by atoms with Gasteiger partial charge in [-0.15, -0.1) is 0 Å². The van der Waals surface area contributed by atoms with Crippen molar-refractivity contribution in [3.8, 4) is 0 Å². The highest BCUT2D eigenvalue weighted by molar-refractivity contribution is 5.85. The third-order valence-electron chi connectivity index (χ3n) is 6.06. The van der Waals surface area contributed by atoms with Gasteiger partial charge in [0, 0.05) is 39.3 Å². The summed E-state index contributed by atoms with van der Waals surface area (Å²) >= 11 is 0. The van der Waals surface area contributed by atoms with Gasteiger partial charge in [-0.2, -0.15) is 0 Å². The number of pyridine rings is 1. The first-order valence-corrected chi connectivity index (χ1v) is 10.1. The molecule has 0 N–H and O–H groups in total. The molecule has 0 aliphatic carbocycles. The highest BCUT2D eigenvalue weighted by Crippen LogP contribution is 2.30. The average Bonchev–Trinajstić information content (AvgIpc) is 2.73. The fraction of sp³-hybridized carbons (Fsp3) is 0.435. The molecule has 0 bridgehead atoms. The Kier molecular flexibility index (Phi) is 5.42. The predicted molar refractivity (Wildman–Crippen MR) is 108 cm³/mol. The van der Waals surface area contributed by atoms with Crippen molar-refractivity contribution in [3.05, 3.63) is 65.5 Å². The van der Waals surface area contributed by atoms with Crippen molar-refractivity contribution in [1.82, 2.24) is 14.8 Å². The van der Waals surface area contributed by atoms with Crippen LogP contribution in [0, 0.1) is 5.92 Å². The summed E-state index contributed by atoms with van der Waals surface area (Å²) in [5.41, 5.74) is 3.20. The molecular weight excluding hydrogens is 350 g/mol. The van der Waals surface area contributed by atoms with E-state index in [4.69, 9.17) is 0 Å². The minimum Gasteiger partial charge on any atom is -0.342 e. The van der Waals surface area contributed by atoms with Crippen molar-refractivity contribution in [2.45, 2.75) is 38.6 Å². The van der Waals surface area contributed by atoms with Crippen LogP contribution in [0.15, 0.2) is 48.7 Å². The molecule has 4 rings (SSSR count). The first-order chi connectivity index (χ1) is 13.6. The van der Waals surface area contributed by atoms with Crippen LogP contribution in [-0.2, 0) is 22.6 Å². The lowest BCUT2D eigenvalue weighted by Crippen LogP contribution is -2.47. The zero-order valence-electron chi connectivity index (χ0n) is 16.4. The van der Waals surface area contributed by atoms with Crippen LogP contribution in [-0.4, -0.2) is 46.2 Å². The predicted octanol–water partition coefficient (Wildman–Crippen LogP) is 3.01. The van der Waals surface area contributed by atoms with Crippen molar-refractivity contribution in [1.29, 1.82) is 0 Å². The van der Waals surface area contributed by atoms with Crippen LogP contribution in [0.3, 0.4) is 0 Å². The molecule has 2 aromatic rings. The molecule has 0 saturated carbocycles. The molecular formula is C23H27N3O2. The molecule has 146 valence electrons. The number of aromatic nitrogens is 1. The summed E-state index contributed by atoms with van der Waals surface area (Å²) in [6.45, 7) is 4.12. The van der Waals surface area contributed by atoms with E-state index >= 15 is 0 Å². The largest absolute Gasteiger partial charge is 0.342 e. The van der Waals surface area contributed by atoms with E-state index in [0.29, 0.717) is 19.0 Å². The lowest BCUT2D eigenvalue weighted by Gasteiger charge is -2.38. The Morgan fingerprint density at radius 3 is 2.50 bits per heavy atom. The van der Waals surface area contributed by atoms with E-state index in [9.17, 15) is 9.59 Å². The van der Waals surface area contributed by atoms with Gasteiger partial charge in [0.05, 0.1) is 11.6 Å². The van der Waals surface area contributed by atoms with Crippen LogP contribution < -0.4 is 0 Å². The summed E-state index contributed by atoms with van der Waals surface area (Å²) in [6.07, 6.45) is 4.88. The maximum Gasteiger partial charge on any atom is 0.233 e. The van der Waals surface area contributed by atoms with Gasteiger partial charge in [-0.05, 0) is 42.4 Å². The molecule has 2 aliphatic heterocycles. The summed E-state index contributed by atoms with van der Waals surface area (Å²) in [6, 6.07) is 14.4. The van der Waals surface area contributed by atoms with Crippen molar-refractivity contribution in [2.75, 3.05) is 19.6 Å². The van der Waals surface area contributed by atoms with Crippen molar-refractivity contribution < 1.29 is 9.59 Å². The molecule has 1 fully saturated rings. The second-order valence-corrected chi connectivity index (χ2v) is 7.96. The summed E-state index contributed by atoms with van der Waals surface area (Å²) in [5, 5.41) is 0. The second-order valence-electron chi connectivity index (χ2n) is 7.96. The van der Waals surface area contributed by atoms with Gasteiger partial charge in [-0.1, -0.05) is 36.4 Å². The Morgan fingerprint density at radius 1 is 1.04 bits per heavy atom. The number of amides is 2. The SMILES string of the molecule is CC(=O)N1Cc2cccnc2C(C(=O)N2CCC(Cc3ccccc3)CC2)C1. The molecule has 1 aromatic carbocycles. The molecule has 3 heterocycles. The highest BCUT2D eigenvalue weighted by atomic mass is 16.2. The molecule has 5 heteroatoms. The van der Waals surface area contributed by atoms with Gasteiger partial charge in [-0.3, -0.25) is 14.6 Å². The summed E-state index contributed by atoms with van der Waals surface area (Å²) in [5.74, 6) is 0.398. The van der Waals surface area contributed by atoms with Gasteiger partial charge in [-0.25, -0.2) is 0 Å². The van der Waals surface area contributed by atoms with E-state index in [0.717, 1.165) is 43.6 Å². The molecule has 2 aliphatic rings.